The van der Waals surface area contributed by atoms with Crippen LogP contribution in [0, 0.1) is 0 Å². The van der Waals surface area contributed by atoms with Crippen molar-refractivity contribution in [2.24, 2.45) is 0 Å². The summed E-state index contributed by atoms with van der Waals surface area (Å²) in [5.74, 6) is -0.267. The van der Waals surface area contributed by atoms with E-state index in [9.17, 15) is 14.4 Å². The number of urea groups is 1. The number of amides is 3. The SMILES string of the molecule is CC(C)c1ccc(NC(=O)N2CCC[C@@H]2C(=O)Nc2ccc(-c3ccc(C(=O)OC(C)(C)C)nc3)cc2)cc1. The molecule has 1 fully saturated rings. The van der Waals surface area contributed by atoms with Gasteiger partial charge in [0.05, 0.1) is 0 Å². The molecule has 8 heteroatoms. The molecule has 0 bridgehead atoms. The van der Waals surface area contributed by atoms with Gasteiger partial charge in [0.1, 0.15) is 17.3 Å². The summed E-state index contributed by atoms with van der Waals surface area (Å²) in [6.45, 7) is 10.2. The van der Waals surface area contributed by atoms with Crippen LogP contribution in [0.4, 0.5) is 16.2 Å². The van der Waals surface area contributed by atoms with Gasteiger partial charge < -0.3 is 20.3 Å². The maximum atomic E-state index is 13.1. The van der Waals surface area contributed by atoms with E-state index in [-0.39, 0.29) is 17.6 Å². The summed E-state index contributed by atoms with van der Waals surface area (Å²) in [5, 5.41) is 5.86. The smallest absolute Gasteiger partial charge is 0.357 e. The normalized spacial score (nSPS) is 15.2. The molecule has 2 aromatic carbocycles. The fraction of sp³-hybridized carbons (Fsp3) is 0.355. The molecular weight excluding hydrogens is 492 g/mol. The topological polar surface area (TPSA) is 101 Å². The van der Waals surface area contributed by atoms with Gasteiger partial charge in [-0.1, -0.05) is 44.2 Å². The molecule has 0 unspecified atom stereocenters. The van der Waals surface area contributed by atoms with E-state index < -0.39 is 17.6 Å². The third-order valence-electron chi connectivity index (χ3n) is 6.50. The van der Waals surface area contributed by atoms with Crippen LogP contribution < -0.4 is 10.6 Å². The van der Waals surface area contributed by atoms with E-state index in [2.05, 4.69) is 29.5 Å². The fourth-order valence-corrected chi connectivity index (χ4v) is 4.42. The zero-order valence-corrected chi connectivity index (χ0v) is 23.2. The molecular formula is C31H36N4O4. The van der Waals surface area contributed by atoms with Gasteiger partial charge in [0.15, 0.2) is 0 Å². The molecule has 0 spiro atoms. The van der Waals surface area contributed by atoms with Crippen molar-refractivity contribution in [2.75, 3.05) is 17.2 Å². The van der Waals surface area contributed by atoms with Crippen LogP contribution >= 0.6 is 0 Å². The number of ether oxygens (including phenoxy) is 1. The number of hydrogen-bond acceptors (Lipinski definition) is 5. The Labute approximate surface area is 229 Å². The van der Waals surface area contributed by atoms with E-state index >= 15 is 0 Å². The highest BCUT2D eigenvalue weighted by molar-refractivity contribution is 5.99. The molecule has 0 saturated carbocycles. The highest BCUT2D eigenvalue weighted by Crippen LogP contribution is 2.24. The first-order valence-electron chi connectivity index (χ1n) is 13.3. The number of pyridine rings is 1. The second-order valence-electron chi connectivity index (χ2n) is 11.1. The lowest BCUT2D eigenvalue weighted by molar-refractivity contribution is -0.119. The Morgan fingerprint density at radius 1 is 0.897 bits per heavy atom. The first-order valence-corrected chi connectivity index (χ1v) is 13.3. The van der Waals surface area contributed by atoms with E-state index in [0.29, 0.717) is 30.3 Å². The van der Waals surface area contributed by atoms with Gasteiger partial charge in [0.25, 0.3) is 0 Å². The summed E-state index contributed by atoms with van der Waals surface area (Å²) in [6, 6.07) is 17.8. The molecule has 1 atom stereocenters. The predicted octanol–water partition coefficient (Wildman–Crippen LogP) is 6.46. The Morgan fingerprint density at radius 2 is 1.51 bits per heavy atom. The van der Waals surface area contributed by atoms with E-state index in [4.69, 9.17) is 4.74 Å². The van der Waals surface area contributed by atoms with Crippen molar-refractivity contribution in [1.29, 1.82) is 0 Å². The Balaban J connectivity index is 1.35. The van der Waals surface area contributed by atoms with Gasteiger partial charge in [-0.05, 0) is 81.0 Å². The first-order chi connectivity index (χ1) is 18.5. The molecule has 1 aromatic heterocycles. The Hall–Kier alpha value is -4.20. The van der Waals surface area contributed by atoms with Gasteiger partial charge >= 0.3 is 12.0 Å². The van der Waals surface area contributed by atoms with Crippen LogP contribution in [0.25, 0.3) is 11.1 Å². The van der Waals surface area contributed by atoms with Gasteiger partial charge in [-0.15, -0.1) is 0 Å². The van der Waals surface area contributed by atoms with Gasteiger partial charge in [-0.2, -0.15) is 0 Å². The van der Waals surface area contributed by atoms with Crippen LogP contribution in [0.2, 0.25) is 0 Å². The van der Waals surface area contributed by atoms with Gasteiger partial charge in [-0.25, -0.2) is 14.6 Å². The van der Waals surface area contributed by atoms with Crippen molar-refractivity contribution in [3.8, 4) is 11.1 Å². The summed E-state index contributed by atoms with van der Waals surface area (Å²) in [5.41, 5.74) is 3.93. The van der Waals surface area contributed by atoms with Crippen LogP contribution in [0.1, 0.15) is 69.4 Å². The molecule has 2 N–H and O–H groups in total. The molecule has 0 radical (unpaired) electrons. The van der Waals surface area contributed by atoms with Crippen molar-refractivity contribution in [1.82, 2.24) is 9.88 Å². The molecule has 3 aromatic rings. The van der Waals surface area contributed by atoms with Crippen LogP contribution in [-0.2, 0) is 9.53 Å². The molecule has 8 nitrogen and oxygen atoms in total. The molecule has 3 amide bonds. The van der Waals surface area contributed by atoms with Crippen LogP contribution in [0.3, 0.4) is 0 Å². The fourth-order valence-electron chi connectivity index (χ4n) is 4.42. The van der Waals surface area contributed by atoms with Crippen molar-refractivity contribution in [3.63, 3.8) is 0 Å². The average Bonchev–Trinajstić information content (AvgIpc) is 3.39. The average molecular weight is 529 g/mol. The molecule has 1 aliphatic rings. The second-order valence-corrected chi connectivity index (χ2v) is 11.1. The number of carbonyl (C=O) groups excluding carboxylic acids is 3. The number of esters is 1. The highest BCUT2D eigenvalue weighted by atomic mass is 16.6. The number of likely N-dealkylation sites (tertiary alicyclic amines) is 1. The molecule has 204 valence electrons. The van der Waals surface area contributed by atoms with E-state index in [0.717, 1.165) is 17.5 Å². The predicted molar refractivity (Wildman–Crippen MR) is 153 cm³/mol. The summed E-state index contributed by atoms with van der Waals surface area (Å²) >= 11 is 0. The Morgan fingerprint density at radius 3 is 2.10 bits per heavy atom. The van der Waals surface area contributed by atoms with Crippen LogP contribution in [0.5, 0.6) is 0 Å². The lowest BCUT2D eigenvalue weighted by atomic mass is 10.0. The number of aromatic nitrogens is 1. The maximum absolute atomic E-state index is 13.1. The molecule has 2 heterocycles. The second kappa shape index (κ2) is 11.7. The van der Waals surface area contributed by atoms with Crippen LogP contribution in [0.15, 0.2) is 66.9 Å². The lowest BCUT2D eigenvalue weighted by Gasteiger charge is -2.24. The largest absolute Gasteiger partial charge is 0.455 e. The standard InChI is InChI=1S/C31H36N4O4/c1-20(2)21-8-13-25(14-9-21)34-30(38)35-18-6-7-27(35)28(36)33-24-15-10-22(11-16-24)23-12-17-26(32-19-23)29(37)39-31(3,4)5/h8-17,19-20,27H,6-7,18H2,1-5H3,(H,33,36)(H,34,38)/t27-/m1/s1. The summed E-state index contributed by atoms with van der Waals surface area (Å²) < 4.78 is 5.36. The molecule has 1 aliphatic heterocycles. The third-order valence-corrected chi connectivity index (χ3v) is 6.50. The van der Waals surface area contributed by atoms with Crippen LogP contribution in [-0.4, -0.2) is 46.0 Å². The first kappa shape index (κ1) is 27.8. The summed E-state index contributed by atoms with van der Waals surface area (Å²) in [7, 11) is 0. The minimum absolute atomic E-state index is 0.214. The number of hydrogen-bond donors (Lipinski definition) is 2. The quantitative estimate of drug-likeness (QED) is 0.358. The van der Waals surface area contributed by atoms with Gasteiger partial charge in [0.2, 0.25) is 5.91 Å². The van der Waals surface area contributed by atoms with Crippen molar-refractivity contribution < 1.29 is 19.1 Å². The number of anilines is 2. The monoisotopic (exact) mass is 528 g/mol. The number of rotatable bonds is 6. The lowest BCUT2D eigenvalue weighted by Crippen LogP contribution is -2.45. The number of nitrogens with one attached hydrogen (secondary N) is 2. The van der Waals surface area contributed by atoms with Crippen molar-refractivity contribution >= 4 is 29.3 Å². The molecule has 39 heavy (non-hydrogen) atoms. The highest BCUT2D eigenvalue weighted by Gasteiger charge is 2.34. The minimum atomic E-state index is -0.587. The van der Waals surface area contributed by atoms with E-state index in [1.165, 1.54) is 5.56 Å². The maximum Gasteiger partial charge on any atom is 0.357 e. The Kier molecular flexibility index (Phi) is 8.33. The van der Waals surface area contributed by atoms with E-state index in [1.54, 1.807) is 17.2 Å². The van der Waals surface area contributed by atoms with Crippen molar-refractivity contribution in [2.45, 2.75) is 65.0 Å². The molecule has 4 rings (SSSR count). The molecule has 1 saturated heterocycles. The van der Waals surface area contributed by atoms with E-state index in [1.807, 2.05) is 75.4 Å². The number of carbonyl (C=O) groups is 3. The van der Waals surface area contributed by atoms with Crippen molar-refractivity contribution in [3.05, 3.63) is 78.1 Å². The zero-order chi connectivity index (χ0) is 28.2. The number of nitrogens with zero attached hydrogens (tertiary/aromatic N) is 2. The van der Waals surface area contributed by atoms with Gasteiger partial charge in [0, 0.05) is 29.7 Å². The molecule has 0 aliphatic carbocycles. The van der Waals surface area contributed by atoms with Gasteiger partial charge in [-0.3, -0.25) is 4.79 Å². The zero-order valence-electron chi connectivity index (χ0n) is 23.2. The minimum Gasteiger partial charge on any atom is -0.455 e. The summed E-state index contributed by atoms with van der Waals surface area (Å²) in [6.07, 6.45) is 3.00. The third kappa shape index (κ3) is 7.22. The summed E-state index contributed by atoms with van der Waals surface area (Å²) in [4.78, 5) is 44.0. The Bertz CT molecular complexity index is 1310. The number of benzene rings is 2.